The van der Waals surface area contributed by atoms with E-state index in [0.29, 0.717) is 19.5 Å². The molecular weight excluding hydrogens is 273 g/mol. The summed E-state index contributed by atoms with van der Waals surface area (Å²) < 4.78 is 13.0. The van der Waals surface area contributed by atoms with E-state index in [1.807, 2.05) is 19.0 Å². The summed E-state index contributed by atoms with van der Waals surface area (Å²) in [6.07, 6.45) is -0.0165. The molecule has 1 aliphatic heterocycles. The molecule has 0 radical (unpaired) electrons. The van der Waals surface area contributed by atoms with Crippen LogP contribution < -0.4 is 10.6 Å². The molecule has 0 saturated carbocycles. The van der Waals surface area contributed by atoms with Crippen molar-refractivity contribution in [3.63, 3.8) is 0 Å². The van der Waals surface area contributed by atoms with Gasteiger partial charge in [0.2, 0.25) is 5.91 Å². The maximum Gasteiger partial charge on any atom is 0.237 e. The summed E-state index contributed by atoms with van der Waals surface area (Å²) >= 11 is 0. The summed E-state index contributed by atoms with van der Waals surface area (Å²) in [5, 5.41) is 15.3. The number of hydrogen-bond donors (Lipinski definition) is 3. The number of aliphatic hydroxyl groups excluding tert-OH is 1. The molecule has 2 rings (SSSR count). The minimum Gasteiger partial charge on any atom is -0.392 e. The van der Waals surface area contributed by atoms with Gasteiger partial charge < -0.3 is 20.6 Å². The first-order valence-electron chi connectivity index (χ1n) is 7.08. The molecule has 1 aliphatic rings. The summed E-state index contributed by atoms with van der Waals surface area (Å²) in [4.78, 5) is 14.0. The van der Waals surface area contributed by atoms with Crippen molar-refractivity contribution in [2.45, 2.75) is 24.6 Å². The third-order valence-electron chi connectivity index (χ3n) is 3.77. The lowest BCUT2D eigenvalue weighted by Crippen LogP contribution is -2.43. The van der Waals surface area contributed by atoms with E-state index in [1.54, 1.807) is 12.1 Å². The quantitative estimate of drug-likeness (QED) is 0.729. The monoisotopic (exact) mass is 295 g/mol. The molecule has 0 unspecified atom stereocenters. The minimum atomic E-state index is -0.456. The van der Waals surface area contributed by atoms with Gasteiger partial charge in [-0.1, -0.05) is 12.1 Å². The van der Waals surface area contributed by atoms with Crippen molar-refractivity contribution < 1.29 is 14.3 Å². The van der Waals surface area contributed by atoms with Crippen LogP contribution >= 0.6 is 0 Å². The Hall–Kier alpha value is -1.50. The molecule has 1 amide bonds. The van der Waals surface area contributed by atoms with Crippen molar-refractivity contribution in [1.82, 2.24) is 15.5 Å². The molecule has 0 spiro atoms. The first-order chi connectivity index (χ1) is 9.97. The van der Waals surface area contributed by atoms with Crippen molar-refractivity contribution in [1.29, 1.82) is 0 Å². The maximum absolute atomic E-state index is 13.0. The van der Waals surface area contributed by atoms with Crippen LogP contribution in [-0.2, 0) is 4.79 Å². The number of carbonyl (C=O) groups excluding carboxylic acids is 1. The molecule has 5 nitrogen and oxygen atoms in total. The predicted molar refractivity (Wildman–Crippen MR) is 78.3 cm³/mol. The zero-order chi connectivity index (χ0) is 15.4. The number of benzene rings is 1. The van der Waals surface area contributed by atoms with Crippen LogP contribution in [0.3, 0.4) is 0 Å². The first kappa shape index (κ1) is 15.9. The van der Waals surface area contributed by atoms with Crippen molar-refractivity contribution in [2.24, 2.45) is 0 Å². The normalized spacial score (nSPS) is 23.3. The fourth-order valence-electron chi connectivity index (χ4n) is 2.52. The lowest BCUT2D eigenvalue weighted by molar-refractivity contribution is -0.123. The second-order valence-corrected chi connectivity index (χ2v) is 5.63. The van der Waals surface area contributed by atoms with Gasteiger partial charge in [-0.25, -0.2) is 4.39 Å². The molecule has 116 valence electrons. The van der Waals surface area contributed by atoms with Gasteiger partial charge >= 0.3 is 0 Å². The molecule has 6 heteroatoms. The smallest absolute Gasteiger partial charge is 0.237 e. The number of amides is 1. The van der Waals surface area contributed by atoms with Gasteiger partial charge in [-0.2, -0.15) is 0 Å². The van der Waals surface area contributed by atoms with E-state index in [1.165, 1.54) is 12.1 Å². The van der Waals surface area contributed by atoms with E-state index in [-0.39, 0.29) is 23.8 Å². The Balaban J connectivity index is 1.94. The molecule has 21 heavy (non-hydrogen) atoms. The number of halogens is 1. The van der Waals surface area contributed by atoms with Gasteiger partial charge in [0, 0.05) is 13.1 Å². The summed E-state index contributed by atoms with van der Waals surface area (Å²) in [6, 6.07) is 5.93. The molecular formula is C15H22FN3O2. The molecule has 0 bridgehead atoms. The van der Waals surface area contributed by atoms with Crippen LogP contribution in [0.1, 0.15) is 18.0 Å². The third-order valence-corrected chi connectivity index (χ3v) is 3.77. The van der Waals surface area contributed by atoms with Crippen molar-refractivity contribution in [3.05, 3.63) is 35.6 Å². The van der Waals surface area contributed by atoms with Crippen LogP contribution in [0, 0.1) is 5.82 Å². The summed E-state index contributed by atoms with van der Waals surface area (Å²) in [5.74, 6) is -0.384. The molecule has 3 N–H and O–H groups in total. The Labute approximate surface area is 124 Å². The number of likely N-dealkylation sites (N-methyl/N-ethyl adjacent to an activating group) is 1. The second kappa shape index (κ2) is 6.98. The zero-order valence-electron chi connectivity index (χ0n) is 12.3. The number of rotatable bonds is 5. The zero-order valence-corrected chi connectivity index (χ0v) is 12.3. The van der Waals surface area contributed by atoms with Crippen LogP contribution in [-0.4, -0.2) is 55.2 Å². The standard InChI is InChI=1S/C15H22FN3O2/c1-19(2)14(10-3-5-11(16)6-4-10)9-18-15(21)13-7-12(20)8-17-13/h3-6,12-14,17,20H,7-9H2,1-2H3,(H,18,21)/t12-,13+,14-/m1/s1. The first-order valence-corrected chi connectivity index (χ1v) is 7.08. The number of nitrogens with zero attached hydrogens (tertiary/aromatic N) is 1. The SMILES string of the molecule is CN(C)[C@H](CNC(=O)[C@@H]1C[C@@H](O)CN1)c1ccc(F)cc1. The van der Waals surface area contributed by atoms with Gasteiger partial charge in [-0.3, -0.25) is 4.79 Å². The van der Waals surface area contributed by atoms with Gasteiger partial charge in [0.1, 0.15) is 5.82 Å². The molecule has 1 saturated heterocycles. The highest BCUT2D eigenvalue weighted by atomic mass is 19.1. The van der Waals surface area contributed by atoms with Crippen molar-refractivity contribution in [3.8, 4) is 0 Å². The fraction of sp³-hybridized carbons (Fsp3) is 0.533. The van der Waals surface area contributed by atoms with E-state index >= 15 is 0 Å². The molecule has 3 atom stereocenters. The molecule has 0 aliphatic carbocycles. The topological polar surface area (TPSA) is 64.6 Å². The lowest BCUT2D eigenvalue weighted by atomic mass is 10.1. The number of nitrogens with one attached hydrogen (secondary N) is 2. The lowest BCUT2D eigenvalue weighted by Gasteiger charge is -2.25. The Bertz CT molecular complexity index is 478. The predicted octanol–water partition coefficient (Wildman–Crippen LogP) is 0.267. The molecule has 1 aromatic carbocycles. The highest BCUT2D eigenvalue weighted by Gasteiger charge is 2.28. The highest BCUT2D eigenvalue weighted by Crippen LogP contribution is 2.18. The van der Waals surface area contributed by atoms with Gasteiger partial charge in [-0.05, 0) is 38.2 Å². The van der Waals surface area contributed by atoms with Gasteiger partial charge in [0.05, 0.1) is 18.2 Å². The number of β-amino-alcohol motifs (C(OH)–C–C–N with tert-alkyl or cyclic N) is 1. The van der Waals surface area contributed by atoms with E-state index in [4.69, 9.17) is 0 Å². The Morgan fingerprint density at radius 2 is 2.14 bits per heavy atom. The summed E-state index contributed by atoms with van der Waals surface area (Å²) in [5.41, 5.74) is 0.945. The fourth-order valence-corrected chi connectivity index (χ4v) is 2.52. The molecule has 1 fully saturated rings. The van der Waals surface area contributed by atoms with Gasteiger partial charge in [-0.15, -0.1) is 0 Å². The van der Waals surface area contributed by atoms with E-state index in [2.05, 4.69) is 10.6 Å². The van der Waals surface area contributed by atoms with Gasteiger partial charge in [0.15, 0.2) is 0 Å². The summed E-state index contributed by atoms with van der Waals surface area (Å²) in [6.45, 7) is 0.888. The van der Waals surface area contributed by atoms with E-state index < -0.39 is 6.10 Å². The largest absolute Gasteiger partial charge is 0.392 e. The van der Waals surface area contributed by atoms with Crippen LogP contribution in [0.2, 0.25) is 0 Å². The van der Waals surface area contributed by atoms with Gasteiger partial charge in [0.25, 0.3) is 0 Å². The van der Waals surface area contributed by atoms with E-state index in [9.17, 15) is 14.3 Å². The van der Waals surface area contributed by atoms with Crippen LogP contribution in [0.4, 0.5) is 4.39 Å². The maximum atomic E-state index is 13.0. The number of aliphatic hydroxyl groups is 1. The highest BCUT2D eigenvalue weighted by molar-refractivity contribution is 5.82. The summed E-state index contributed by atoms with van der Waals surface area (Å²) in [7, 11) is 3.83. The van der Waals surface area contributed by atoms with Crippen LogP contribution in [0.15, 0.2) is 24.3 Å². The Kier molecular flexibility index (Phi) is 5.27. The second-order valence-electron chi connectivity index (χ2n) is 5.63. The van der Waals surface area contributed by atoms with Crippen LogP contribution in [0.5, 0.6) is 0 Å². The average molecular weight is 295 g/mol. The van der Waals surface area contributed by atoms with E-state index in [0.717, 1.165) is 5.56 Å². The Morgan fingerprint density at radius 1 is 1.48 bits per heavy atom. The molecule has 1 aromatic rings. The van der Waals surface area contributed by atoms with Crippen LogP contribution in [0.25, 0.3) is 0 Å². The average Bonchev–Trinajstić information content (AvgIpc) is 2.87. The Morgan fingerprint density at radius 3 is 2.67 bits per heavy atom. The molecule has 1 heterocycles. The number of carbonyl (C=O) groups is 1. The van der Waals surface area contributed by atoms with Crippen molar-refractivity contribution >= 4 is 5.91 Å². The minimum absolute atomic E-state index is 0.0270. The van der Waals surface area contributed by atoms with Crippen molar-refractivity contribution in [2.75, 3.05) is 27.2 Å². The number of hydrogen-bond acceptors (Lipinski definition) is 4. The molecule has 0 aromatic heterocycles. The third kappa shape index (κ3) is 4.23.